The first-order valence-electron chi connectivity index (χ1n) is 6.50. The van der Waals surface area contributed by atoms with Crippen molar-refractivity contribution < 1.29 is 14.3 Å². The minimum absolute atomic E-state index is 0.341. The molecule has 0 saturated carbocycles. The van der Waals surface area contributed by atoms with Crippen LogP contribution in [0.5, 0.6) is 5.75 Å². The number of aromatic nitrogens is 1. The summed E-state index contributed by atoms with van der Waals surface area (Å²) in [5.74, 6) is 0.328. The van der Waals surface area contributed by atoms with Crippen LogP contribution in [0.25, 0.3) is 21.8 Å². The van der Waals surface area contributed by atoms with Gasteiger partial charge in [-0.15, -0.1) is 0 Å². The molecule has 1 aromatic heterocycles. The molecule has 0 amide bonds. The summed E-state index contributed by atoms with van der Waals surface area (Å²) in [5, 5.41) is 2.06. The molecule has 0 spiro atoms. The maximum atomic E-state index is 11.9. The third kappa shape index (κ3) is 1.90. The average Bonchev–Trinajstić information content (AvgIpc) is 2.84. The van der Waals surface area contributed by atoms with E-state index in [1.165, 1.54) is 0 Å². The Hall–Kier alpha value is -2.49. The van der Waals surface area contributed by atoms with Gasteiger partial charge in [0.05, 0.1) is 24.8 Å². The Morgan fingerprint density at radius 2 is 2.00 bits per heavy atom. The Labute approximate surface area is 116 Å². The summed E-state index contributed by atoms with van der Waals surface area (Å²) in [6.07, 6.45) is 0. The molecule has 0 saturated heterocycles. The van der Waals surface area contributed by atoms with Gasteiger partial charge in [-0.1, -0.05) is 18.2 Å². The minimum Gasteiger partial charge on any atom is -0.496 e. The van der Waals surface area contributed by atoms with Crippen molar-refractivity contribution >= 4 is 27.8 Å². The number of benzene rings is 2. The number of hydrogen-bond donors (Lipinski definition) is 1. The first-order valence-corrected chi connectivity index (χ1v) is 6.50. The number of para-hydroxylation sites is 1. The highest BCUT2D eigenvalue weighted by molar-refractivity contribution is 6.12. The summed E-state index contributed by atoms with van der Waals surface area (Å²) in [4.78, 5) is 15.2. The van der Waals surface area contributed by atoms with Gasteiger partial charge in [-0.25, -0.2) is 4.79 Å². The van der Waals surface area contributed by atoms with Gasteiger partial charge in [-0.2, -0.15) is 0 Å². The second-order valence-corrected chi connectivity index (χ2v) is 4.49. The maximum Gasteiger partial charge on any atom is 0.338 e. The number of methoxy groups -OCH3 is 1. The van der Waals surface area contributed by atoms with E-state index in [2.05, 4.69) is 4.98 Å². The fourth-order valence-corrected chi connectivity index (χ4v) is 2.44. The van der Waals surface area contributed by atoms with Gasteiger partial charge in [0.2, 0.25) is 0 Å². The van der Waals surface area contributed by atoms with Crippen molar-refractivity contribution in [2.75, 3.05) is 13.7 Å². The minimum atomic E-state index is -0.341. The number of carbonyl (C=O) groups excluding carboxylic acids is 1. The van der Waals surface area contributed by atoms with Crippen LogP contribution in [0.2, 0.25) is 0 Å². The summed E-state index contributed by atoms with van der Waals surface area (Å²) in [5.41, 5.74) is 2.37. The molecule has 0 aliphatic heterocycles. The molecule has 0 radical (unpaired) electrons. The van der Waals surface area contributed by atoms with Crippen LogP contribution in [0.4, 0.5) is 0 Å². The highest BCUT2D eigenvalue weighted by Gasteiger charge is 2.15. The molecule has 3 aromatic rings. The zero-order chi connectivity index (χ0) is 14.1. The fourth-order valence-electron chi connectivity index (χ4n) is 2.44. The van der Waals surface area contributed by atoms with Crippen LogP contribution in [0.1, 0.15) is 17.3 Å². The van der Waals surface area contributed by atoms with Crippen LogP contribution in [0, 0.1) is 0 Å². The second-order valence-electron chi connectivity index (χ2n) is 4.49. The summed E-state index contributed by atoms with van der Waals surface area (Å²) < 4.78 is 10.5. The molecule has 4 nitrogen and oxygen atoms in total. The molecule has 0 aliphatic carbocycles. The third-order valence-electron chi connectivity index (χ3n) is 3.30. The summed E-state index contributed by atoms with van der Waals surface area (Å²) in [7, 11) is 1.60. The number of rotatable bonds is 3. The van der Waals surface area contributed by atoms with Gasteiger partial charge in [0, 0.05) is 16.3 Å². The summed E-state index contributed by atoms with van der Waals surface area (Å²) in [6, 6.07) is 11.5. The van der Waals surface area contributed by atoms with E-state index in [0.717, 1.165) is 21.8 Å². The zero-order valence-corrected chi connectivity index (χ0v) is 11.4. The van der Waals surface area contributed by atoms with E-state index < -0.39 is 0 Å². The Morgan fingerprint density at radius 3 is 2.75 bits per heavy atom. The van der Waals surface area contributed by atoms with E-state index >= 15 is 0 Å². The molecule has 102 valence electrons. The molecule has 0 unspecified atom stereocenters. The van der Waals surface area contributed by atoms with Crippen LogP contribution in [0.15, 0.2) is 36.4 Å². The number of fused-ring (bicyclic) bond motifs is 3. The number of carbonyl (C=O) groups is 1. The van der Waals surface area contributed by atoms with Crippen LogP contribution in [-0.4, -0.2) is 24.7 Å². The molecule has 0 aliphatic rings. The molecule has 1 N–H and O–H groups in total. The molecule has 1 heterocycles. The van der Waals surface area contributed by atoms with Gasteiger partial charge >= 0.3 is 5.97 Å². The zero-order valence-electron chi connectivity index (χ0n) is 11.4. The van der Waals surface area contributed by atoms with Crippen molar-refractivity contribution in [3.63, 3.8) is 0 Å². The molecule has 2 aromatic carbocycles. The van der Waals surface area contributed by atoms with Crippen LogP contribution < -0.4 is 4.74 Å². The third-order valence-corrected chi connectivity index (χ3v) is 3.30. The Bertz CT molecular complexity index is 789. The second kappa shape index (κ2) is 4.89. The van der Waals surface area contributed by atoms with Gasteiger partial charge in [-0.3, -0.25) is 0 Å². The van der Waals surface area contributed by atoms with Crippen molar-refractivity contribution in [3.05, 3.63) is 42.0 Å². The first kappa shape index (κ1) is 12.5. The molecule has 20 heavy (non-hydrogen) atoms. The predicted molar refractivity (Wildman–Crippen MR) is 78.3 cm³/mol. The lowest BCUT2D eigenvalue weighted by Gasteiger charge is -2.06. The number of hydrogen-bond acceptors (Lipinski definition) is 3. The summed E-state index contributed by atoms with van der Waals surface area (Å²) >= 11 is 0. The van der Waals surface area contributed by atoms with Crippen LogP contribution >= 0.6 is 0 Å². The van der Waals surface area contributed by atoms with Gasteiger partial charge in [0.15, 0.2) is 0 Å². The van der Waals surface area contributed by atoms with Gasteiger partial charge in [-0.05, 0) is 25.1 Å². The lowest BCUT2D eigenvalue weighted by molar-refractivity contribution is 0.0526. The van der Waals surface area contributed by atoms with E-state index in [4.69, 9.17) is 9.47 Å². The smallest absolute Gasteiger partial charge is 0.338 e. The lowest BCUT2D eigenvalue weighted by atomic mass is 10.1. The van der Waals surface area contributed by atoms with E-state index in [-0.39, 0.29) is 5.97 Å². The van der Waals surface area contributed by atoms with Gasteiger partial charge in [0.25, 0.3) is 0 Å². The molecule has 0 fully saturated rings. The highest BCUT2D eigenvalue weighted by Crippen LogP contribution is 2.34. The normalized spacial score (nSPS) is 10.9. The molecular formula is C16H15NO3. The molecule has 3 rings (SSSR count). The van der Waals surface area contributed by atoms with E-state index in [0.29, 0.717) is 17.9 Å². The van der Waals surface area contributed by atoms with E-state index in [1.807, 2.05) is 24.3 Å². The highest BCUT2D eigenvalue weighted by atomic mass is 16.5. The standard InChI is InChI=1S/C16H15NO3/c1-3-20-16(18)10-8-13-15(14(9-10)19-2)11-6-4-5-7-12(11)17-13/h4-9,17H,3H2,1-2H3. The van der Waals surface area contributed by atoms with Crippen LogP contribution in [0.3, 0.4) is 0 Å². The average molecular weight is 269 g/mol. The van der Waals surface area contributed by atoms with Crippen LogP contribution in [-0.2, 0) is 4.74 Å². The number of aromatic amines is 1. The largest absolute Gasteiger partial charge is 0.496 e. The van der Waals surface area contributed by atoms with Crippen molar-refractivity contribution in [1.29, 1.82) is 0 Å². The Balaban J connectivity index is 2.29. The molecule has 0 bridgehead atoms. The van der Waals surface area contributed by atoms with Crippen molar-refractivity contribution in [1.82, 2.24) is 4.98 Å². The van der Waals surface area contributed by atoms with E-state index in [9.17, 15) is 4.79 Å². The molecule has 0 atom stereocenters. The number of ether oxygens (including phenoxy) is 2. The Morgan fingerprint density at radius 1 is 1.20 bits per heavy atom. The number of esters is 1. The number of H-pyrrole nitrogens is 1. The van der Waals surface area contributed by atoms with Crippen molar-refractivity contribution in [2.24, 2.45) is 0 Å². The van der Waals surface area contributed by atoms with Crippen molar-refractivity contribution in [2.45, 2.75) is 6.92 Å². The summed E-state index contributed by atoms with van der Waals surface area (Å²) in [6.45, 7) is 2.14. The SMILES string of the molecule is CCOC(=O)c1cc(OC)c2c(c1)[nH]c1ccccc12. The lowest BCUT2D eigenvalue weighted by Crippen LogP contribution is -2.04. The van der Waals surface area contributed by atoms with Gasteiger partial charge in [0.1, 0.15) is 5.75 Å². The maximum absolute atomic E-state index is 11.9. The fraction of sp³-hybridized carbons (Fsp3) is 0.188. The van der Waals surface area contributed by atoms with Gasteiger partial charge < -0.3 is 14.5 Å². The molecular weight excluding hydrogens is 254 g/mol. The van der Waals surface area contributed by atoms with Crippen molar-refractivity contribution in [3.8, 4) is 5.75 Å². The first-order chi connectivity index (χ1) is 9.74. The topological polar surface area (TPSA) is 51.3 Å². The quantitative estimate of drug-likeness (QED) is 0.740. The Kier molecular flexibility index (Phi) is 3.06. The monoisotopic (exact) mass is 269 g/mol. The molecule has 4 heteroatoms. The number of nitrogens with one attached hydrogen (secondary N) is 1. The predicted octanol–water partition coefficient (Wildman–Crippen LogP) is 3.51. The van der Waals surface area contributed by atoms with E-state index in [1.54, 1.807) is 26.2 Å².